The molecule has 76 valence electrons. The van der Waals surface area contributed by atoms with Gasteiger partial charge in [0.1, 0.15) is 5.82 Å². The van der Waals surface area contributed by atoms with E-state index in [4.69, 9.17) is 5.73 Å². The van der Waals surface area contributed by atoms with E-state index >= 15 is 0 Å². The van der Waals surface area contributed by atoms with Gasteiger partial charge in [-0.15, -0.1) is 0 Å². The van der Waals surface area contributed by atoms with E-state index in [-0.39, 0.29) is 5.82 Å². The van der Waals surface area contributed by atoms with Crippen LogP contribution in [0, 0.1) is 5.82 Å². The number of fused-ring (bicyclic) bond motifs is 1. The zero-order valence-electron chi connectivity index (χ0n) is 8.46. The van der Waals surface area contributed by atoms with Crippen molar-refractivity contribution in [3.63, 3.8) is 0 Å². The van der Waals surface area contributed by atoms with Gasteiger partial charge in [0.15, 0.2) is 0 Å². The Kier molecular flexibility index (Phi) is 2.55. The van der Waals surface area contributed by atoms with Crippen LogP contribution < -0.4 is 5.73 Å². The number of hydrogen-bond acceptors (Lipinski definition) is 1. The second-order valence-electron chi connectivity index (χ2n) is 4.18. The van der Waals surface area contributed by atoms with E-state index in [1.54, 1.807) is 12.1 Å². The highest BCUT2D eigenvalue weighted by Gasteiger charge is 2.27. The van der Waals surface area contributed by atoms with E-state index in [0.29, 0.717) is 18.4 Å². The van der Waals surface area contributed by atoms with Crippen LogP contribution >= 0.6 is 0 Å². The lowest BCUT2D eigenvalue weighted by Gasteiger charge is -2.09. The van der Waals surface area contributed by atoms with Gasteiger partial charge in [-0.2, -0.15) is 0 Å². The van der Waals surface area contributed by atoms with Gasteiger partial charge >= 0.3 is 0 Å². The number of benzene rings is 1. The van der Waals surface area contributed by atoms with Crippen molar-refractivity contribution in [2.75, 3.05) is 6.54 Å². The Morgan fingerprint density at radius 3 is 2.93 bits per heavy atom. The largest absolute Gasteiger partial charge is 0.330 e. The third-order valence-corrected chi connectivity index (χ3v) is 3.17. The summed E-state index contributed by atoms with van der Waals surface area (Å²) < 4.78 is 13.1. The third-order valence-electron chi connectivity index (χ3n) is 3.17. The molecule has 0 amide bonds. The Morgan fingerprint density at radius 2 is 2.21 bits per heavy atom. The first-order valence-corrected chi connectivity index (χ1v) is 5.21. The predicted molar refractivity (Wildman–Crippen MR) is 55.8 cm³/mol. The van der Waals surface area contributed by atoms with Gasteiger partial charge in [-0.3, -0.25) is 0 Å². The smallest absolute Gasteiger partial charge is 0.123 e. The van der Waals surface area contributed by atoms with E-state index < -0.39 is 0 Å². The van der Waals surface area contributed by atoms with Crippen molar-refractivity contribution in [2.24, 2.45) is 5.73 Å². The highest BCUT2D eigenvalue weighted by molar-refractivity contribution is 5.38. The molecule has 0 saturated carbocycles. The average molecular weight is 193 g/mol. The normalized spacial score (nSPS) is 25.1. The summed E-state index contributed by atoms with van der Waals surface area (Å²) >= 11 is 0. The van der Waals surface area contributed by atoms with E-state index in [1.165, 1.54) is 11.1 Å². The highest BCUT2D eigenvalue weighted by Crippen LogP contribution is 2.42. The summed E-state index contributed by atoms with van der Waals surface area (Å²) in [6.45, 7) is 2.89. The molecule has 1 aromatic carbocycles. The molecular formula is C12H16FN. The first-order chi connectivity index (χ1) is 6.72. The molecule has 0 saturated heterocycles. The molecule has 0 bridgehead atoms. The molecule has 2 rings (SSSR count). The van der Waals surface area contributed by atoms with E-state index in [9.17, 15) is 4.39 Å². The van der Waals surface area contributed by atoms with Gasteiger partial charge in [-0.25, -0.2) is 4.39 Å². The summed E-state index contributed by atoms with van der Waals surface area (Å²) in [7, 11) is 0. The fraction of sp³-hybridized carbons (Fsp3) is 0.500. The Bertz CT molecular complexity index is 335. The summed E-state index contributed by atoms with van der Waals surface area (Å²) in [4.78, 5) is 0. The molecule has 2 atom stereocenters. The lowest BCUT2D eigenvalue weighted by molar-refractivity contribution is 0.580. The van der Waals surface area contributed by atoms with Gasteiger partial charge in [0.25, 0.3) is 0 Å². The fourth-order valence-electron chi connectivity index (χ4n) is 2.50. The van der Waals surface area contributed by atoms with Gasteiger partial charge in [0.2, 0.25) is 0 Å². The fourth-order valence-corrected chi connectivity index (χ4v) is 2.50. The minimum Gasteiger partial charge on any atom is -0.330 e. The SMILES string of the molecule is CC1CC(CCN)c2cc(F)ccc21. The molecule has 1 aliphatic carbocycles. The van der Waals surface area contributed by atoms with Crippen molar-refractivity contribution in [2.45, 2.75) is 31.6 Å². The second-order valence-corrected chi connectivity index (χ2v) is 4.18. The Labute approximate surface area is 84.1 Å². The minimum atomic E-state index is -0.125. The number of halogens is 1. The van der Waals surface area contributed by atoms with Crippen LogP contribution in [-0.2, 0) is 0 Å². The van der Waals surface area contributed by atoms with Crippen molar-refractivity contribution in [3.8, 4) is 0 Å². The number of nitrogens with two attached hydrogens (primary N) is 1. The molecule has 0 radical (unpaired) electrons. The summed E-state index contributed by atoms with van der Waals surface area (Å²) in [5.41, 5.74) is 8.05. The van der Waals surface area contributed by atoms with Crippen LogP contribution in [0.4, 0.5) is 4.39 Å². The van der Waals surface area contributed by atoms with Gasteiger partial charge in [0, 0.05) is 0 Å². The number of hydrogen-bond donors (Lipinski definition) is 1. The maximum absolute atomic E-state index is 13.1. The summed E-state index contributed by atoms with van der Waals surface area (Å²) in [6, 6.07) is 5.16. The summed E-state index contributed by atoms with van der Waals surface area (Å²) in [5, 5.41) is 0. The van der Waals surface area contributed by atoms with Crippen LogP contribution in [-0.4, -0.2) is 6.54 Å². The molecule has 1 nitrogen and oxygen atoms in total. The van der Waals surface area contributed by atoms with Crippen LogP contribution in [0.15, 0.2) is 18.2 Å². The summed E-state index contributed by atoms with van der Waals surface area (Å²) in [5.74, 6) is 0.905. The van der Waals surface area contributed by atoms with Crippen molar-refractivity contribution >= 4 is 0 Å². The molecule has 2 unspecified atom stereocenters. The molecule has 2 N–H and O–H groups in total. The zero-order chi connectivity index (χ0) is 10.1. The molecule has 2 heteroatoms. The standard InChI is InChI=1S/C12H16FN/c1-8-6-9(4-5-14)12-7-10(13)2-3-11(8)12/h2-3,7-9H,4-6,14H2,1H3. The van der Waals surface area contributed by atoms with Crippen molar-refractivity contribution < 1.29 is 4.39 Å². The first-order valence-electron chi connectivity index (χ1n) is 5.21. The second kappa shape index (κ2) is 3.70. The van der Waals surface area contributed by atoms with Crippen LogP contribution in [0.1, 0.15) is 42.7 Å². The van der Waals surface area contributed by atoms with E-state index in [0.717, 1.165) is 12.8 Å². The van der Waals surface area contributed by atoms with Gasteiger partial charge in [0.05, 0.1) is 0 Å². The maximum Gasteiger partial charge on any atom is 0.123 e. The van der Waals surface area contributed by atoms with Crippen molar-refractivity contribution in [1.82, 2.24) is 0 Å². The van der Waals surface area contributed by atoms with Gasteiger partial charge in [-0.1, -0.05) is 13.0 Å². The van der Waals surface area contributed by atoms with Crippen molar-refractivity contribution in [1.29, 1.82) is 0 Å². The van der Waals surface area contributed by atoms with Crippen molar-refractivity contribution in [3.05, 3.63) is 35.1 Å². The van der Waals surface area contributed by atoms with E-state index in [2.05, 4.69) is 6.92 Å². The highest BCUT2D eigenvalue weighted by atomic mass is 19.1. The lowest BCUT2D eigenvalue weighted by atomic mass is 9.98. The van der Waals surface area contributed by atoms with Gasteiger partial charge < -0.3 is 5.73 Å². The maximum atomic E-state index is 13.1. The van der Waals surface area contributed by atoms with Crippen LogP contribution in [0.5, 0.6) is 0 Å². The van der Waals surface area contributed by atoms with Crippen LogP contribution in [0.3, 0.4) is 0 Å². The predicted octanol–water partition coefficient (Wildman–Crippen LogP) is 2.77. The quantitative estimate of drug-likeness (QED) is 0.768. The Balaban J connectivity index is 2.35. The first kappa shape index (κ1) is 9.66. The Hall–Kier alpha value is -0.890. The molecule has 0 heterocycles. The van der Waals surface area contributed by atoms with Crippen LogP contribution in [0.25, 0.3) is 0 Å². The topological polar surface area (TPSA) is 26.0 Å². The molecule has 14 heavy (non-hydrogen) atoms. The molecule has 0 aromatic heterocycles. The molecule has 0 aliphatic heterocycles. The molecule has 1 aliphatic rings. The summed E-state index contributed by atoms with van der Waals surface area (Å²) in [6.07, 6.45) is 2.09. The Morgan fingerprint density at radius 1 is 1.43 bits per heavy atom. The lowest BCUT2D eigenvalue weighted by Crippen LogP contribution is -2.05. The molecule has 0 spiro atoms. The molecule has 0 fully saturated rings. The average Bonchev–Trinajstić information content (AvgIpc) is 2.44. The minimum absolute atomic E-state index is 0.125. The zero-order valence-corrected chi connectivity index (χ0v) is 8.46. The van der Waals surface area contributed by atoms with Crippen LogP contribution in [0.2, 0.25) is 0 Å². The molecule has 1 aromatic rings. The molecular weight excluding hydrogens is 177 g/mol. The third kappa shape index (κ3) is 1.55. The van der Waals surface area contributed by atoms with Gasteiger partial charge in [-0.05, 0) is 54.5 Å². The van der Waals surface area contributed by atoms with E-state index in [1.807, 2.05) is 6.07 Å². The monoisotopic (exact) mass is 193 g/mol. The number of rotatable bonds is 2.